The molecule has 0 spiro atoms. The molecule has 0 unspecified atom stereocenters. The number of ether oxygens (including phenoxy) is 1. The van der Waals surface area contributed by atoms with Crippen LogP contribution in [0.4, 0.5) is 0 Å². The molecule has 0 aromatic carbocycles. The molecule has 0 aliphatic carbocycles. The summed E-state index contributed by atoms with van der Waals surface area (Å²) in [7, 11) is 0. The van der Waals surface area contributed by atoms with Crippen molar-refractivity contribution in [1.29, 1.82) is 0 Å². The van der Waals surface area contributed by atoms with E-state index in [1.54, 1.807) is 18.5 Å². The van der Waals surface area contributed by atoms with Crippen LogP contribution in [-0.2, 0) is 0 Å². The van der Waals surface area contributed by atoms with E-state index < -0.39 is 0 Å². The van der Waals surface area contributed by atoms with Gasteiger partial charge in [0, 0.05) is 42.9 Å². The Morgan fingerprint density at radius 1 is 1.43 bits per heavy atom. The minimum atomic E-state index is -0.294. The highest BCUT2D eigenvalue weighted by Crippen LogP contribution is 2.20. The van der Waals surface area contributed by atoms with E-state index >= 15 is 0 Å². The molecule has 6 heteroatoms. The first-order valence-corrected chi connectivity index (χ1v) is 9.26. The number of hydrogen-bond acceptors (Lipinski definition) is 5. The van der Waals surface area contributed by atoms with Crippen molar-refractivity contribution < 1.29 is 9.53 Å². The van der Waals surface area contributed by atoms with E-state index in [0.29, 0.717) is 11.3 Å². The van der Waals surface area contributed by atoms with Crippen LogP contribution in [0.1, 0.15) is 38.1 Å². The highest BCUT2D eigenvalue weighted by atomic mass is 32.2. The van der Waals surface area contributed by atoms with Crippen LogP contribution >= 0.6 is 11.8 Å². The van der Waals surface area contributed by atoms with Gasteiger partial charge in [0.05, 0.1) is 17.9 Å². The highest BCUT2D eigenvalue weighted by molar-refractivity contribution is 7.99. The molecular formula is C17H27N3O2S. The quantitative estimate of drug-likeness (QED) is 0.864. The van der Waals surface area contributed by atoms with Gasteiger partial charge in [-0.1, -0.05) is 0 Å². The minimum absolute atomic E-state index is 0.00427. The summed E-state index contributed by atoms with van der Waals surface area (Å²) in [6.07, 6.45) is 3.23. The van der Waals surface area contributed by atoms with Crippen molar-refractivity contribution in [2.45, 2.75) is 39.3 Å². The van der Waals surface area contributed by atoms with Crippen LogP contribution in [0.25, 0.3) is 0 Å². The zero-order valence-corrected chi connectivity index (χ0v) is 15.3. The number of nitrogens with one attached hydrogen (secondary N) is 1. The molecule has 2 rings (SSSR count). The molecule has 1 fully saturated rings. The Labute approximate surface area is 143 Å². The summed E-state index contributed by atoms with van der Waals surface area (Å²) in [5.41, 5.74) is 0.244. The highest BCUT2D eigenvalue weighted by Gasteiger charge is 2.26. The molecule has 5 nitrogen and oxygen atoms in total. The van der Waals surface area contributed by atoms with Gasteiger partial charge in [0.2, 0.25) is 0 Å². The van der Waals surface area contributed by atoms with Gasteiger partial charge in [-0.3, -0.25) is 14.7 Å². The van der Waals surface area contributed by atoms with Crippen molar-refractivity contribution >= 4 is 17.7 Å². The van der Waals surface area contributed by atoms with Crippen LogP contribution < -0.4 is 10.1 Å². The van der Waals surface area contributed by atoms with E-state index in [1.165, 1.54) is 11.5 Å². The van der Waals surface area contributed by atoms with Crippen LogP contribution in [0.5, 0.6) is 5.75 Å². The van der Waals surface area contributed by atoms with Crippen molar-refractivity contribution in [3.63, 3.8) is 0 Å². The van der Waals surface area contributed by atoms with Crippen LogP contribution in [0, 0.1) is 0 Å². The molecule has 1 aliphatic heterocycles. The van der Waals surface area contributed by atoms with Crippen molar-refractivity contribution in [3.8, 4) is 5.75 Å². The number of carbonyl (C=O) groups is 1. The molecule has 0 bridgehead atoms. The molecule has 0 atom stereocenters. The molecule has 23 heavy (non-hydrogen) atoms. The second-order valence-corrected chi connectivity index (χ2v) is 7.99. The van der Waals surface area contributed by atoms with E-state index in [9.17, 15) is 4.79 Å². The second-order valence-electron chi connectivity index (χ2n) is 6.76. The normalized spacial score (nSPS) is 16.4. The first-order valence-electron chi connectivity index (χ1n) is 8.11. The van der Waals surface area contributed by atoms with Gasteiger partial charge in [0.1, 0.15) is 0 Å². The van der Waals surface area contributed by atoms with Gasteiger partial charge in [-0.25, -0.2) is 0 Å². The van der Waals surface area contributed by atoms with Gasteiger partial charge >= 0.3 is 0 Å². The average Bonchev–Trinajstić information content (AvgIpc) is 2.47. The van der Waals surface area contributed by atoms with E-state index in [2.05, 4.69) is 29.0 Å². The Morgan fingerprint density at radius 2 is 2.13 bits per heavy atom. The number of carbonyl (C=O) groups excluding carboxylic acids is 1. The number of thioether (sulfide) groups is 1. The fourth-order valence-electron chi connectivity index (χ4n) is 2.65. The Bertz CT molecular complexity index is 528. The molecule has 1 aromatic rings. The van der Waals surface area contributed by atoms with E-state index in [4.69, 9.17) is 4.74 Å². The van der Waals surface area contributed by atoms with Crippen molar-refractivity contribution in [3.05, 3.63) is 24.0 Å². The summed E-state index contributed by atoms with van der Waals surface area (Å²) in [6, 6.07) is 1.71. The van der Waals surface area contributed by atoms with Gasteiger partial charge in [-0.2, -0.15) is 11.8 Å². The third-order valence-corrected chi connectivity index (χ3v) is 4.51. The Kier molecular flexibility index (Phi) is 6.30. The SMILES string of the molecule is CC(C)Oc1cnccc1C(=O)NC(C)(C)CN1CCSCC1. The van der Waals surface area contributed by atoms with Crippen LogP contribution in [0.15, 0.2) is 18.5 Å². The predicted octanol–water partition coefficient (Wildman–Crippen LogP) is 2.43. The zero-order chi connectivity index (χ0) is 16.9. The van der Waals surface area contributed by atoms with Gasteiger partial charge in [-0.15, -0.1) is 0 Å². The Morgan fingerprint density at radius 3 is 2.78 bits per heavy atom. The Balaban J connectivity index is 2.02. The lowest BCUT2D eigenvalue weighted by molar-refractivity contribution is 0.0884. The average molecular weight is 337 g/mol. The first-order chi connectivity index (χ1) is 10.9. The van der Waals surface area contributed by atoms with Crippen molar-refractivity contribution in [2.24, 2.45) is 0 Å². The second kappa shape index (κ2) is 8.02. The lowest BCUT2D eigenvalue weighted by Crippen LogP contribution is -2.53. The monoisotopic (exact) mass is 337 g/mol. The van der Waals surface area contributed by atoms with Crippen molar-refractivity contribution in [1.82, 2.24) is 15.2 Å². The summed E-state index contributed by atoms with van der Waals surface area (Å²) >= 11 is 1.99. The van der Waals surface area contributed by atoms with Crippen LogP contribution in [-0.4, -0.2) is 58.6 Å². The first kappa shape index (κ1) is 18.1. The Hall–Kier alpha value is -1.27. The standard InChI is InChI=1S/C17H27N3O2S/c1-13(2)22-15-11-18-6-5-14(15)16(21)19-17(3,4)12-20-7-9-23-10-8-20/h5-6,11,13H,7-10,12H2,1-4H3,(H,19,21). The third-order valence-electron chi connectivity index (χ3n) is 3.57. The molecule has 1 N–H and O–H groups in total. The number of hydrogen-bond donors (Lipinski definition) is 1. The maximum atomic E-state index is 12.7. The maximum Gasteiger partial charge on any atom is 0.255 e. The molecule has 2 heterocycles. The maximum absolute atomic E-state index is 12.7. The number of amides is 1. The third kappa shape index (κ3) is 5.70. The molecular weight excluding hydrogens is 310 g/mol. The number of nitrogens with zero attached hydrogens (tertiary/aromatic N) is 2. The van der Waals surface area contributed by atoms with E-state index in [0.717, 1.165) is 19.6 Å². The van der Waals surface area contributed by atoms with Gasteiger partial charge in [-0.05, 0) is 33.8 Å². The van der Waals surface area contributed by atoms with Gasteiger partial charge < -0.3 is 10.1 Å². The van der Waals surface area contributed by atoms with Crippen molar-refractivity contribution in [2.75, 3.05) is 31.1 Å². The van der Waals surface area contributed by atoms with Gasteiger partial charge in [0.15, 0.2) is 5.75 Å². The topological polar surface area (TPSA) is 54.5 Å². The molecule has 1 amide bonds. The molecule has 1 aliphatic rings. The summed E-state index contributed by atoms with van der Waals surface area (Å²) < 4.78 is 5.69. The molecule has 0 saturated carbocycles. The smallest absolute Gasteiger partial charge is 0.255 e. The zero-order valence-electron chi connectivity index (χ0n) is 14.5. The molecule has 1 aromatic heterocycles. The summed E-state index contributed by atoms with van der Waals surface area (Å²) in [6.45, 7) is 11.0. The van der Waals surface area contributed by atoms with Gasteiger partial charge in [0.25, 0.3) is 5.91 Å². The number of pyridine rings is 1. The lowest BCUT2D eigenvalue weighted by atomic mass is 10.0. The summed E-state index contributed by atoms with van der Waals surface area (Å²) in [5.74, 6) is 2.76. The number of rotatable bonds is 6. The van der Waals surface area contributed by atoms with Crippen LogP contribution in [0.2, 0.25) is 0 Å². The summed E-state index contributed by atoms with van der Waals surface area (Å²) in [5, 5.41) is 3.14. The number of aromatic nitrogens is 1. The lowest BCUT2D eigenvalue weighted by Gasteiger charge is -2.35. The van der Waals surface area contributed by atoms with E-state index in [-0.39, 0.29) is 17.6 Å². The van der Waals surface area contributed by atoms with Crippen LogP contribution in [0.3, 0.4) is 0 Å². The molecule has 128 valence electrons. The fraction of sp³-hybridized carbons (Fsp3) is 0.647. The van der Waals surface area contributed by atoms with E-state index in [1.807, 2.05) is 25.6 Å². The predicted molar refractivity (Wildman–Crippen MR) is 95.3 cm³/mol. The largest absolute Gasteiger partial charge is 0.489 e. The summed E-state index contributed by atoms with van der Waals surface area (Å²) in [4.78, 5) is 19.1. The molecule has 1 saturated heterocycles. The fourth-order valence-corrected chi connectivity index (χ4v) is 3.63. The minimum Gasteiger partial charge on any atom is -0.489 e. The molecule has 0 radical (unpaired) electrons.